The highest BCUT2D eigenvalue weighted by Crippen LogP contribution is 1.90. The summed E-state index contributed by atoms with van der Waals surface area (Å²) < 4.78 is 30.1. The van der Waals surface area contributed by atoms with Crippen LogP contribution >= 0.6 is 0 Å². The van der Waals surface area contributed by atoms with Crippen LogP contribution in [0.15, 0.2) is 10.9 Å². The molecule has 1 rings (SSSR count). The number of nitrogens with one attached hydrogen (secondary N) is 2. The summed E-state index contributed by atoms with van der Waals surface area (Å²) in [6.45, 7) is 4.66. The number of sulfonamides is 1. The minimum Gasteiger partial charge on any atom is -0.343 e. The van der Waals surface area contributed by atoms with Crippen LogP contribution in [0.4, 0.5) is 0 Å². The molecule has 8 heteroatoms. The van der Waals surface area contributed by atoms with Gasteiger partial charge in [0.25, 0.3) is 0 Å². The number of aromatic nitrogens is 2. The first-order valence-corrected chi connectivity index (χ1v) is 7.11. The van der Waals surface area contributed by atoms with Gasteiger partial charge in [-0.2, -0.15) is 4.98 Å². The Bertz CT molecular complexity index is 402. The Labute approximate surface area is 101 Å². The molecule has 0 bridgehead atoms. The van der Waals surface area contributed by atoms with E-state index < -0.39 is 10.0 Å². The van der Waals surface area contributed by atoms with Crippen LogP contribution in [-0.4, -0.2) is 43.4 Å². The summed E-state index contributed by atoms with van der Waals surface area (Å²) >= 11 is 0. The number of nitrogens with zero attached hydrogens (tertiary/aromatic N) is 2. The smallest absolute Gasteiger partial charge is 0.213 e. The molecule has 0 atom stereocenters. The summed E-state index contributed by atoms with van der Waals surface area (Å²) in [5, 5.41) is 6.63. The third-order valence-electron chi connectivity index (χ3n) is 2.00. The van der Waals surface area contributed by atoms with Crippen LogP contribution < -0.4 is 10.0 Å². The monoisotopic (exact) mass is 262 g/mol. The summed E-state index contributed by atoms with van der Waals surface area (Å²) in [5.74, 6) is 0.560. The second-order valence-electron chi connectivity index (χ2n) is 3.92. The summed E-state index contributed by atoms with van der Waals surface area (Å²) in [6.07, 6.45) is 1.64. The average Bonchev–Trinajstić information content (AvgIpc) is 2.69. The second-order valence-corrected chi connectivity index (χ2v) is 5.85. The molecule has 1 aromatic heterocycles. The van der Waals surface area contributed by atoms with E-state index in [1.165, 1.54) is 6.39 Å². The Morgan fingerprint density at radius 3 is 2.76 bits per heavy atom. The van der Waals surface area contributed by atoms with Gasteiger partial charge in [-0.1, -0.05) is 19.0 Å². The predicted molar refractivity (Wildman–Crippen MR) is 62.9 cm³/mol. The van der Waals surface area contributed by atoms with Gasteiger partial charge < -0.3 is 9.84 Å². The fraction of sp³-hybridized carbons (Fsp3) is 0.778. The van der Waals surface area contributed by atoms with Crippen LogP contribution in [0.1, 0.15) is 19.7 Å². The Balaban J connectivity index is 2.20. The van der Waals surface area contributed by atoms with Crippen molar-refractivity contribution in [3.63, 3.8) is 0 Å². The molecule has 2 N–H and O–H groups in total. The predicted octanol–water partition coefficient (Wildman–Crippen LogP) is -0.470. The van der Waals surface area contributed by atoms with Gasteiger partial charge in [0.15, 0.2) is 5.82 Å². The molecule has 98 valence electrons. The maximum absolute atomic E-state index is 11.5. The van der Waals surface area contributed by atoms with Crippen molar-refractivity contribution in [3.05, 3.63) is 12.2 Å². The SMILES string of the molecule is CC(C)NCCS(=O)(=O)NCCc1ncon1. The molecular weight excluding hydrogens is 244 g/mol. The number of hydrogen-bond donors (Lipinski definition) is 2. The molecule has 0 aliphatic heterocycles. The van der Waals surface area contributed by atoms with Crippen LogP contribution in [0.2, 0.25) is 0 Å². The van der Waals surface area contributed by atoms with Gasteiger partial charge in [-0.25, -0.2) is 13.1 Å². The first-order chi connectivity index (χ1) is 7.99. The fourth-order valence-corrected chi connectivity index (χ4v) is 2.12. The highest BCUT2D eigenvalue weighted by Gasteiger charge is 2.10. The summed E-state index contributed by atoms with van der Waals surface area (Å²) in [5.41, 5.74) is 0. The number of hydrogen-bond acceptors (Lipinski definition) is 6. The molecule has 0 unspecified atom stereocenters. The Kier molecular flexibility index (Phi) is 5.52. The van der Waals surface area contributed by atoms with Crippen LogP contribution in [0, 0.1) is 0 Å². The highest BCUT2D eigenvalue weighted by molar-refractivity contribution is 7.89. The molecule has 17 heavy (non-hydrogen) atoms. The van der Waals surface area contributed by atoms with E-state index in [1.54, 1.807) is 0 Å². The van der Waals surface area contributed by atoms with Crippen molar-refractivity contribution in [1.82, 2.24) is 20.2 Å². The van der Waals surface area contributed by atoms with E-state index in [-0.39, 0.29) is 18.3 Å². The van der Waals surface area contributed by atoms with Crippen molar-refractivity contribution in [2.75, 3.05) is 18.8 Å². The largest absolute Gasteiger partial charge is 0.343 e. The molecule has 0 aromatic carbocycles. The maximum atomic E-state index is 11.5. The Hall–Kier alpha value is -0.990. The minimum atomic E-state index is -3.23. The Morgan fingerprint density at radius 2 is 2.18 bits per heavy atom. The molecular formula is C9H18N4O3S. The lowest BCUT2D eigenvalue weighted by Crippen LogP contribution is -2.35. The van der Waals surface area contributed by atoms with Gasteiger partial charge in [0.1, 0.15) is 0 Å². The summed E-state index contributed by atoms with van der Waals surface area (Å²) in [6, 6.07) is 0.282. The normalized spacial score (nSPS) is 12.2. The van der Waals surface area contributed by atoms with Crippen molar-refractivity contribution in [3.8, 4) is 0 Å². The zero-order valence-electron chi connectivity index (χ0n) is 10.0. The first kappa shape index (κ1) is 14.1. The molecule has 0 aliphatic carbocycles. The molecule has 0 aliphatic rings. The van der Waals surface area contributed by atoms with Gasteiger partial charge in [0.05, 0.1) is 5.75 Å². The molecule has 0 spiro atoms. The molecule has 0 radical (unpaired) electrons. The lowest BCUT2D eigenvalue weighted by molar-refractivity contribution is 0.409. The van der Waals surface area contributed by atoms with Crippen molar-refractivity contribution >= 4 is 10.0 Å². The lowest BCUT2D eigenvalue weighted by Gasteiger charge is -2.09. The molecule has 0 fully saturated rings. The van der Waals surface area contributed by atoms with Crippen LogP contribution in [-0.2, 0) is 16.4 Å². The van der Waals surface area contributed by atoms with Crippen molar-refractivity contribution in [1.29, 1.82) is 0 Å². The van der Waals surface area contributed by atoms with Crippen LogP contribution in [0.25, 0.3) is 0 Å². The topological polar surface area (TPSA) is 97.1 Å². The zero-order valence-corrected chi connectivity index (χ0v) is 10.8. The van der Waals surface area contributed by atoms with Crippen LogP contribution in [0.5, 0.6) is 0 Å². The third kappa shape index (κ3) is 6.35. The zero-order chi connectivity index (χ0) is 12.7. The molecule has 0 saturated carbocycles. The fourth-order valence-electron chi connectivity index (χ4n) is 1.18. The van der Waals surface area contributed by atoms with Gasteiger partial charge in [-0.3, -0.25) is 0 Å². The third-order valence-corrected chi connectivity index (χ3v) is 3.39. The van der Waals surface area contributed by atoms with E-state index in [0.717, 1.165) is 0 Å². The Morgan fingerprint density at radius 1 is 1.41 bits per heavy atom. The molecule has 0 amide bonds. The van der Waals surface area contributed by atoms with E-state index in [4.69, 9.17) is 0 Å². The molecule has 1 aromatic rings. The van der Waals surface area contributed by atoms with Gasteiger partial charge in [-0.05, 0) is 0 Å². The quantitative estimate of drug-likeness (QED) is 0.657. The van der Waals surface area contributed by atoms with Crippen molar-refractivity contribution < 1.29 is 12.9 Å². The van der Waals surface area contributed by atoms with Gasteiger partial charge in [-0.15, -0.1) is 0 Å². The lowest BCUT2D eigenvalue weighted by atomic mass is 10.4. The molecule has 1 heterocycles. The summed E-state index contributed by atoms with van der Waals surface area (Å²) in [7, 11) is -3.23. The van der Waals surface area contributed by atoms with E-state index >= 15 is 0 Å². The van der Waals surface area contributed by atoms with E-state index in [0.29, 0.717) is 18.8 Å². The van der Waals surface area contributed by atoms with Crippen LogP contribution in [0.3, 0.4) is 0 Å². The van der Waals surface area contributed by atoms with E-state index in [1.807, 2.05) is 13.8 Å². The van der Waals surface area contributed by atoms with Crippen molar-refractivity contribution in [2.24, 2.45) is 0 Å². The average molecular weight is 262 g/mol. The number of rotatable bonds is 8. The molecule has 7 nitrogen and oxygen atoms in total. The van der Waals surface area contributed by atoms with Gasteiger partial charge >= 0.3 is 0 Å². The standard InChI is InChI=1S/C9H18N4O3S/c1-8(2)10-5-6-17(14,15)12-4-3-9-11-7-16-13-9/h7-8,10,12H,3-6H2,1-2H3. The highest BCUT2D eigenvalue weighted by atomic mass is 32.2. The van der Waals surface area contributed by atoms with Gasteiger partial charge in [0.2, 0.25) is 16.4 Å². The molecule has 0 saturated heterocycles. The van der Waals surface area contributed by atoms with Crippen molar-refractivity contribution in [2.45, 2.75) is 26.3 Å². The minimum absolute atomic E-state index is 0.0669. The first-order valence-electron chi connectivity index (χ1n) is 5.45. The van der Waals surface area contributed by atoms with E-state index in [2.05, 4.69) is 24.7 Å². The van der Waals surface area contributed by atoms with Gasteiger partial charge in [0, 0.05) is 25.6 Å². The second kappa shape index (κ2) is 6.67. The van der Waals surface area contributed by atoms with E-state index in [9.17, 15) is 8.42 Å². The summed E-state index contributed by atoms with van der Waals surface area (Å²) in [4.78, 5) is 3.80. The maximum Gasteiger partial charge on any atom is 0.213 e.